The molecule has 19 heavy (non-hydrogen) atoms. The van der Waals surface area contributed by atoms with Crippen molar-refractivity contribution in [3.63, 3.8) is 0 Å². The highest BCUT2D eigenvalue weighted by Gasteiger charge is 3.00. The van der Waals surface area contributed by atoms with Crippen molar-refractivity contribution in [3.8, 4) is 0 Å². The third kappa shape index (κ3) is 1.56. The van der Waals surface area contributed by atoms with Gasteiger partial charge in [0, 0.05) is 0 Å². The topological polar surface area (TPSA) is 9.23 Å². The monoisotopic (exact) mass is 316 g/mol. The molecule has 1 saturated heterocycles. The van der Waals surface area contributed by atoms with Gasteiger partial charge in [-0.05, 0) is 0 Å². The van der Waals surface area contributed by atoms with E-state index in [0.29, 0.717) is 0 Å². The Labute approximate surface area is 94.7 Å². The Morgan fingerprint density at radius 2 is 1.00 bits per heavy atom. The first-order chi connectivity index (χ1) is 7.96. The predicted octanol–water partition coefficient (Wildman–Crippen LogP) is 3.74. The van der Waals surface area contributed by atoms with Gasteiger partial charge in [0.2, 0.25) is 0 Å². The van der Waals surface area contributed by atoms with Crippen molar-refractivity contribution in [3.05, 3.63) is 0 Å². The number of halogens is 12. The lowest BCUT2D eigenvalue weighted by molar-refractivity contribution is -0.406. The minimum atomic E-state index is -7.25. The van der Waals surface area contributed by atoms with E-state index in [1.807, 2.05) is 0 Å². The van der Waals surface area contributed by atoms with Crippen LogP contribution in [0.1, 0.15) is 0 Å². The van der Waals surface area contributed by atoms with Gasteiger partial charge in [0.1, 0.15) is 0 Å². The largest absolute Gasteiger partial charge is 0.455 e. The van der Waals surface area contributed by atoms with Gasteiger partial charge in [0.05, 0.1) is 0 Å². The maximum Gasteiger partial charge on any atom is 0.455 e. The predicted molar refractivity (Wildman–Crippen MR) is 30.8 cm³/mol. The number of alkyl halides is 12. The molecule has 0 aromatic heterocycles. The molecule has 1 aliphatic rings. The van der Waals surface area contributed by atoms with Crippen molar-refractivity contribution >= 4 is 0 Å². The van der Waals surface area contributed by atoms with E-state index in [1.54, 1.807) is 4.74 Å². The van der Waals surface area contributed by atoms with Crippen molar-refractivity contribution in [2.45, 2.75) is 35.9 Å². The van der Waals surface area contributed by atoms with Crippen LogP contribution in [0.25, 0.3) is 0 Å². The molecular formula is C6F12O. The molecule has 1 rings (SSSR count). The lowest BCUT2D eigenvalue weighted by Gasteiger charge is -2.32. The third-order valence-corrected chi connectivity index (χ3v) is 2.26. The normalized spacial score (nSPS) is 38.5. The molecule has 114 valence electrons. The minimum Gasteiger partial charge on any atom is -0.267 e. The highest BCUT2D eigenvalue weighted by molar-refractivity contribution is 5.19. The van der Waals surface area contributed by atoms with Crippen LogP contribution in [0.5, 0.6) is 0 Å². The van der Waals surface area contributed by atoms with Crippen LogP contribution < -0.4 is 0 Å². The molecule has 0 amide bonds. The highest BCUT2D eigenvalue weighted by atomic mass is 19.4. The average molecular weight is 316 g/mol. The summed E-state index contributed by atoms with van der Waals surface area (Å²) < 4.78 is 149. The molecule has 1 nitrogen and oxygen atoms in total. The van der Waals surface area contributed by atoms with E-state index in [4.69, 9.17) is 0 Å². The molecule has 0 N–H and O–H groups in total. The second-order valence-electron chi connectivity index (χ2n) is 3.44. The van der Waals surface area contributed by atoms with Gasteiger partial charge in [-0.1, -0.05) is 0 Å². The van der Waals surface area contributed by atoms with Gasteiger partial charge in [0.15, 0.2) is 0 Å². The zero-order valence-electron chi connectivity index (χ0n) is 7.94. The fourth-order valence-electron chi connectivity index (χ4n) is 1.29. The molecule has 0 radical (unpaired) electrons. The number of hydrogen-bond donors (Lipinski definition) is 0. The van der Waals surface area contributed by atoms with Crippen LogP contribution in [0.3, 0.4) is 0 Å². The van der Waals surface area contributed by atoms with Gasteiger partial charge in [0.25, 0.3) is 0 Å². The number of hydrogen-bond acceptors (Lipinski definition) is 1. The van der Waals surface area contributed by atoms with Gasteiger partial charge >= 0.3 is 35.9 Å². The van der Waals surface area contributed by atoms with E-state index in [2.05, 4.69) is 0 Å². The summed E-state index contributed by atoms with van der Waals surface area (Å²) in [6, 6.07) is 0. The van der Waals surface area contributed by atoms with Gasteiger partial charge in [-0.25, -0.2) is 4.39 Å². The molecular weight excluding hydrogens is 316 g/mol. The fourth-order valence-corrected chi connectivity index (χ4v) is 1.29. The quantitative estimate of drug-likeness (QED) is 0.619. The van der Waals surface area contributed by atoms with Crippen molar-refractivity contribution in [2.24, 2.45) is 0 Å². The van der Waals surface area contributed by atoms with Crippen LogP contribution in [0, 0.1) is 0 Å². The molecule has 0 aromatic carbocycles. The third-order valence-electron chi connectivity index (χ3n) is 2.26. The molecule has 0 aliphatic carbocycles. The molecule has 1 aliphatic heterocycles. The van der Waals surface area contributed by atoms with E-state index < -0.39 is 35.9 Å². The lowest BCUT2D eigenvalue weighted by atomic mass is 9.93. The molecule has 1 heterocycles. The fraction of sp³-hybridized carbons (Fsp3) is 1.00. The summed E-state index contributed by atoms with van der Waals surface area (Å²) in [5, 5.41) is 0. The summed E-state index contributed by atoms with van der Waals surface area (Å²) in [4.78, 5) is 0. The Balaban J connectivity index is 3.62. The lowest BCUT2D eigenvalue weighted by Crippen LogP contribution is -2.66. The van der Waals surface area contributed by atoms with Crippen LogP contribution in [-0.4, -0.2) is 35.9 Å². The van der Waals surface area contributed by atoms with Gasteiger partial charge in [-0.2, -0.15) is 48.3 Å². The summed E-state index contributed by atoms with van der Waals surface area (Å²) in [7, 11) is 0. The summed E-state index contributed by atoms with van der Waals surface area (Å²) in [6.07, 6.45) is -21.0. The SMILES string of the molecule is FC(F)(F)[C@@]1(F)OC(F)(F)[C@](F)(C(F)(F)F)C1(F)F. The van der Waals surface area contributed by atoms with Crippen molar-refractivity contribution < 1.29 is 57.4 Å². The van der Waals surface area contributed by atoms with Crippen LogP contribution in [0.4, 0.5) is 52.7 Å². The Morgan fingerprint density at radius 1 is 0.632 bits per heavy atom. The molecule has 0 spiro atoms. The van der Waals surface area contributed by atoms with Crippen molar-refractivity contribution in [2.75, 3.05) is 0 Å². The first-order valence-electron chi connectivity index (χ1n) is 3.93. The molecule has 0 unspecified atom stereocenters. The van der Waals surface area contributed by atoms with Crippen LogP contribution in [-0.2, 0) is 4.74 Å². The van der Waals surface area contributed by atoms with Crippen LogP contribution >= 0.6 is 0 Å². The maximum absolute atomic E-state index is 12.9. The van der Waals surface area contributed by atoms with Crippen molar-refractivity contribution in [1.82, 2.24) is 0 Å². The molecule has 0 saturated carbocycles. The number of rotatable bonds is 0. The summed E-state index contributed by atoms with van der Waals surface area (Å²) in [6.45, 7) is 0. The smallest absolute Gasteiger partial charge is 0.267 e. The minimum absolute atomic E-state index is 1.79. The van der Waals surface area contributed by atoms with E-state index in [1.165, 1.54) is 0 Å². The molecule has 1 fully saturated rings. The molecule has 0 bridgehead atoms. The standard InChI is InChI=1S/C6F12O/c7-1(4(11,12)13)2(8,9)3(10,5(14,15)16)19-6(1,17)18/t1-,3+/m1/s1. The Hall–Kier alpha value is -0.880. The number of ether oxygens (including phenoxy) is 1. The molecule has 2 atom stereocenters. The van der Waals surface area contributed by atoms with E-state index in [-0.39, 0.29) is 0 Å². The second-order valence-corrected chi connectivity index (χ2v) is 3.44. The summed E-state index contributed by atoms with van der Waals surface area (Å²) in [5.41, 5.74) is -7.17. The average Bonchev–Trinajstić information content (AvgIpc) is 2.21. The van der Waals surface area contributed by atoms with E-state index in [9.17, 15) is 52.7 Å². The van der Waals surface area contributed by atoms with Crippen LogP contribution in [0.2, 0.25) is 0 Å². The molecule has 13 heteroatoms. The molecule has 0 aromatic rings. The van der Waals surface area contributed by atoms with Gasteiger partial charge < -0.3 is 0 Å². The van der Waals surface area contributed by atoms with Crippen molar-refractivity contribution in [1.29, 1.82) is 0 Å². The Kier molecular flexibility index (Phi) is 2.90. The first-order valence-corrected chi connectivity index (χ1v) is 3.93. The first kappa shape index (κ1) is 16.2. The Bertz CT molecular complexity index is 381. The maximum atomic E-state index is 12.9. The van der Waals surface area contributed by atoms with Gasteiger partial charge in [-0.3, -0.25) is 4.74 Å². The second kappa shape index (κ2) is 3.41. The zero-order valence-corrected chi connectivity index (χ0v) is 7.94. The van der Waals surface area contributed by atoms with E-state index in [0.717, 1.165) is 0 Å². The van der Waals surface area contributed by atoms with Gasteiger partial charge in [-0.15, -0.1) is 0 Å². The summed E-state index contributed by atoms with van der Waals surface area (Å²) in [5.74, 6) is -14.1. The Morgan fingerprint density at radius 3 is 1.16 bits per heavy atom. The zero-order chi connectivity index (χ0) is 15.7. The van der Waals surface area contributed by atoms with E-state index >= 15 is 0 Å². The summed E-state index contributed by atoms with van der Waals surface area (Å²) >= 11 is 0. The highest BCUT2D eigenvalue weighted by Crippen LogP contribution is 2.68. The van der Waals surface area contributed by atoms with Crippen LogP contribution in [0.15, 0.2) is 0 Å².